The third-order valence-corrected chi connectivity index (χ3v) is 6.22. The molecule has 2 fully saturated rings. The maximum absolute atomic E-state index is 5.68. The van der Waals surface area contributed by atoms with Gasteiger partial charge in [-0.05, 0) is 44.7 Å². The van der Waals surface area contributed by atoms with E-state index in [1.807, 2.05) is 0 Å². The van der Waals surface area contributed by atoms with Gasteiger partial charge in [0, 0.05) is 49.9 Å². The highest BCUT2D eigenvalue weighted by atomic mass is 16.5. The minimum Gasteiger partial charge on any atom is -0.381 e. The molecule has 0 bridgehead atoms. The summed E-state index contributed by atoms with van der Waals surface area (Å²) in [5.41, 5.74) is 3.23. The van der Waals surface area contributed by atoms with Crippen LogP contribution in [0.25, 0.3) is 0 Å². The van der Waals surface area contributed by atoms with Gasteiger partial charge in [0.25, 0.3) is 0 Å². The fourth-order valence-corrected chi connectivity index (χ4v) is 4.65. The van der Waals surface area contributed by atoms with Crippen molar-refractivity contribution in [2.45, 2.75) is 39.2 Å². The Bertz CT molecular complexity index is 653. The van der Waals surface area contributed by atoms with E-state index in [2.05, 4.69) is 53.2 Å². The molecule has 5 heteroatoms. The second-order valence-corrected chi connectivity index (χ2v) is 8.09. The Balaban J connectivity index is 1.42. The lowest BCUT2D eigenvalue weighted by Gasteiger charge is -2.28. The van der Waals surface area contributed by atoms with Crippen LogP contribution in [-0.2, 0) is 11.2 Å². The second-order valence-electron chi connectivity index (χ2n) is 8.09. The molecule has 26 heavy (non-hydrogen) atoms. The van der Waals surface area contributed by atoms with E-state index in [-0.39, 0.29) is 0 Å². The van der Waals surface area contributed by atoms with Crippen LogP contribution >= 0.6 is 0 Å². The maximum atomic E-state index is 5.68. The second kappa shape index (κ2) is 7.47. The quantitative estimate of drug-likeness (QED) is 0.665. The Morgan fingerprint density at radius 2 is 2.19 bits per heavy atom. The molecule has 0 aliphatic carbocycles. The number of anilines is 1. The number of benzene rings is 1. The van der Waals surface area contributed by atoms with Crippen molar-refractivity contribution in [3.05, 3.63) is 29.8 Å². The number of nitrogens with one attached hydrogen (secondary N) is 1. The summed E-state index contributed by atoms with van der Waals surface area (Å²) in [6, 6.07) is 9.20. The zero-order valence-electron chi connectivity index (χ0n) is 16.2. The first-order valence-corrected chi connectivity index (χ1v) is 10.2. The molecule has 3 aliphatic heterocycles. The van der Waals surface area contributed by atoms with Gasteiger partial charge in [0.2, 0.25) is 0 Å². The summed E-state index contributed by atoms with van der Waals surface area (Å²) in [4.78, 5) is 9.98. The molecule has 2 unspecified atom stereocenters. The van der Waals surface area contributed by atoms with Crippen LogP contribution < -0.4 is 10.2 Å². The van der Waals surface area contributed by atoms with E-state index in [9.17, 15) is 0 Å². The molecule has 1 spiro atoms. The monoisotopic (exact) mass is 356 g/mol. The average Bonchev–Trinajstić information content (AvgIpc) is 3.39. The number of nitrogens with zero attached hydrogens (tertiary/aromatic N) is 3. The maximum Gasteiger partial charge on any atom is 0.194 e. The number of likely N-dealkylation sites (tertiary alicyclic amines) is 1. The first kappa shape index (κ1) is 17.7. The van der Waals surface area contributed by atoms with Crippen molar-refractivity contribution in [2.75, 3.05) is 50.8 Å². The van der Waals surface area contributed by atoms with Gasteiger partial charge in [-0.15, -0.1) is 0 Å². The first-order chi connectivity index (χ1) is 12.7. The zero-order valence-corrected chi connectivity index (χ0v) is 16.2. The summed E-state index contributed by atoms with van der Waals surface area (Å²) in [6.45, 7) is 11.3. The standard InChI is InChI=1S/C21H32N4O/c1-3-22-20(24-12-9-21(15-24)10-13-26-16-21)23-14-17(2)25-11-8-18-6-4-5-7-19(18)25/h4-7,17H,3,8-16H2,1-2H3,(H,22,23). The van der Waals surface area contributed by atoms with E-state index in [4.69, 9.17) is 9.73 Å². The van der Waals surface area contributed by atoms with E-state index in [0.717, 1.165) is 58.3 Å². The third-order valence-electron chi connectivity index (χ3n) is 6.22. The van der Waals surface area contributed by atoms with Crippen LogP contribution in [0.2, 0.25) is 0 Å². The number of guanidine groups is 1. The normalized spacial score (nSPS) is 26.6. The van der Waals surface area contributed by atoms with Gasteiger partial charge in [-0.1, -0.05) is 18.2 Å². The molecule has 1 aromatic rings. The van der Waals surface area contributed by atoms with Gasteiger partial charge in [0.15, 0.2) is 5.96 Å². The summed E-state index contributed by atoms with van der Waals surface area (Å²) < 4.78 is 5.68. The number of aliphatic imine (C=N–C) groups is 1. The number of ether oxygens (including phenoxy) is 1. The smallest absolute Gasteiger partial charge is 0.194 e. The van der Waals surface area contributed by atoms with E-state index in [1.165, 1.54) is 24.1 Å². The van der Waals surface area contributed by atoms with Crippen LogP contribution in [0.4, 0.5) is 5.69 Å². The fourth-order valence-electron chi connectivity index (χ4n) is 4.65. The van der Waals surface area contributed by atoms with E-state index in [1.54, 1.807) is 0 Å². The predicted octanol–water partition coefficient (Wildman–Crippen LogP) is 2.52. The van der Waals surface area contributed by atoms with Crippen molar-refractivity contribution in [3.8, 4) is 0 Å². The Labute approximate surface area is 157 Å². The predicted molar refractivity (Wildman–Crippen MR) is 107 cm³/mol. The number of rotatable bonds is 4. The number of hydrogen-bond acceptors (Lipinski definition) is 3. The SMILES string of the molecule is CCNC(=NCC(C)N1CCc2ccccc21)N1CCC2(CCOC2)C1. The minimum absolute atomic E-state index is 0.371. The minimum atomic E-state index is 0.371. The Morgan fingerprint density at radius 1 is 1.31 bits per heavy atom. The van der Waals surface area contributed by atoms with Crippen LogP contribution in [0.15, 0.2) is 29.3 Å². The molecule has 2 saturated heterocycles. The molecular weight excluding hydrogens is 324 g/mol. The number of para-hydroxylation sites is 1. The lowest BCUT2D eigenvalue weighted by molar-refractivity contribution is 0.156. The topological polar surface area (TPSA) is 40.1 Å². The molecule has 1 N–H and O–H groups in total. The lowest BCUT2D eigenvalue weighted by Crippen LogP contribution is -2.42. The summed E-state index contributed by atoms with van der Waals surface area (Å²) in [5.74, 6) is 1.08. The molecule has 1 aromatic carbocycles. The largest absolute Gasteiger partial charge is 0.381 e. The van der Waals surface area contributed by atoms with Gasteiger partial charge in [-0.3, -0.25) is 4.99 Å². The molecule has 0 radical (unpaired) electrons. The summed E-state index contributed by atoms with van der Waals surface area (Å²) in [5, 5.41) is 3.51. The highest BCUT2D eigenvalue weighted by Crippen LogP contribution is 2.38. The highest BCUT2D eigenvalue weighted by Gasteiger charge is 2.42. The molecule has 5 nitrogen and oxygen atoms in total. The summed E-state index contributed by atoms with van der Waals surface area (Å²) in [7, 11) is 0. The third kappa shape index (κ3) is 3.41. The lowest BCUT2D eigenvalue weighted by atomic mass is 9.87. The van der Waals surface area contributed by atoms with Crippen LogP contribution in [0, 0.1) is 5.41 Å². The molecule has 0 aromatic heterocycles. The van der Waals surface area contributed by atoms with Crippen LogP contribution in [0.3, 0.4) is 0 Å². The molecule has 142 valence electrons. The molecule has 3 aliphatic rings. The van der Waals surface area contributed by atoms with E-state index >= 15 is 0 Å². The number of fused-ring (bicyclic) bond motifs is 1. The highest BCUT2D eigenvalue weighted by molar-refractivity contribution is 5.80. The molecule has 4 rings (SSSR count). The van der Waals surface area contributed by atoms with Gasteiger partial charge in [-0.2, -0.15) is 0 Å². The summed E-state index contributed by atoms with van der Waals surface area (Å²) in [6.07, 6.45) is 3.58. The van der Waals surface area contributed by atoms with Gasteiger partial charge in [0.05, 0.1) is 13.2 Å². The van der Waals surface area contributed by atoms with Crippen LogP contribution in [0.5, 0.6) is 0 Å². The van der Waals surface area contributed by atoms with Gasteiger partial charge >= 0.3 is 0 Å². The van der Waals surface area contributed by atoms with Crippen LogP contribution in [-0.4, -0.2) is 62.8 Å². The molecule has 0 amide bonds. The molecular formula is C21H32N4O. The molecule has 0 saturated carbocycles. The van der Waals surface area contributed by atoms with Crippen molar-refractivity contribution in [2.24, 2.45) is 10.4 Å². The Morgan fingerprint density at radius 3 is 3.00 bits per heavy atom. The Kier molecular flexibility index (Phi) is 5.07. The molecule has 3 heterocycles. The van der Waals surface area contributed by atoms with Gasteiger partial charge in [0.1, 0.15) is 0 Å². The van der Waals surface area contributed by atoms with Crippen molar-refractivity contribution in [1.82, 2.24) is 10.2 Å². The molecule has 2 atom stereocenters. The van der Waals surface area contributed by atoms with Gasteiger partial charge < -0.3 is 19.9 Å². The zero-order chi connectivity index (χ0) is 18.0. The van der Waals surface area contributed by atoms with E-state index < -0.39 is 0 Å². The van der Waals surface area contributed by atoms with Crippen molar-refractivity contribution >= 4 is 11.6 Å². The average molecular weight is 357 g/mol. The van der Waals surface area contributed by atoms with E-state index in [0.29, 0.717) is 11.5 Å². The first-order valence-electron chi connectivity index (χ1n) is 10.2. The van der Waals surface area contributed by atoms with Crippen molar-refractivity contribution in [3.63, 3.8) is 0 Å². The number of hydrogen-bond donors (Lipinski definition) is 1. The Hall–Kier alpha value is -1.75. The fraction of sp³-hybridized carbons (Fsp3) is 0.667. The van der Waals surface area contributed by atoms with Crippen molar-refractivity contribution in [1.29, 1.82) is 0 Å². The van der Waals surface area contributed by atoms with Crippen LogP contribution in [0.1, 0.15) is 32.3 Å². The van der Waals surface area contributed by atoms with Gasteiger partial charge in [-0.25, -0.2) is 0 Å². The van der Waals surface area contributed by atoms with Crippen molar-refractivity contribution < 1.29 is 4.74 Å². The summed E-state index contributed by atoms with van der Waals surface area (Å²) >= 11 is 0.